The van der Waals surface area contributed by atoms with Gasteiger partial charge >= 0.3 is 0 Å². The van der Waals surface area contributed by atoms with E-state index in [1.165, 1.54) is 5.56 Å². The Morgan fingerprint density at radius 1 is 1.00 bits per heavy atom. The van der Waals surface area contributed by atoms with E-state index in [0.29, 0.717) is 24.5 Å². The van der Waals surface area contributed by atoms with E-state index in [1.54, 1.807) is 18.5 Å². The van der Waals surface area contributed by atoms with Gasteiger partial charge in [-0.1, -0.05) is 49.4 Å². The second-order valence-electron chi connectivity index (χ2n) is 6.16. The van der Waals surface area contributed by atoms with E-state index in [2.05, 4.69) is 29.4 Å². The molecule has 0 saturated heterocycles. The summed E-state index contributed by atoms with van der Waals surface area (Å²) in [6.45, 7) is 3.07. The number of hydrogen-bond donors (Lipinski definition) is 1. The van der Waals surface area contributed by atoms with E-state index in [4.69, 9.17) is 4.74 Å². The first-order chi connectivity index (χ1) is 12.7. The zero-order valence-electron chi connectivity index (χ0n) is 14.8. The van der Waals surface area contributed by atoms with Crippen molar-refractivity contribution in [1.29, 1.82) is 0 Å². The molecule has 3 rings (SSSR count). The molecule has 0 aliphatic heterocycles. The summed E-state index contributed by atoms with van der Waals surface area (Å²) in [5.74, 6) is 0.692. The lowest BCUT2D eigenvalue weighted by Crippen LogP contribution is -2.27. The van der Waals surface area contributed by atoms with Crippen LogP contribution >= 0.6 is 0 Å². The van der Waals surface area contributed by atoms with E-state index in [1.807, 2.05) is 48.5 Å². The summed E-state index contributed by atoms with van der Waals surface area (Å²) >= 11 is 0. The molecule has 0 radical (unpaired) electrons. The SMILES string of the molecule is C[C@H](CNC(=O)c1ccccc1OCc1ccncc1)c1ccccc1. The van der Waals surface area contributed by atoms with Gasteiger partial charge in [0.25, 0.3) is 5.91 Å². The molecule has 0 spiro atoms. The minimum absolute atomic E-state index is 0.127. The number of benzene rings is 2. The van der Waals surface area contributed by atoms with Gasteiger partial charge < -0.3 is 10.1 Å². The van der Waals surface area contributed by atoms with Crippen molar-refractivity contribution in [3.05, 3.63) is 95.8 Å². The summed E-state index contributed by atoms with van der Waals surface area (Å²) in [6, 6.07) is 21.2. The first kappa shape index (κ1) is 17.7. The van der Waals surface area contributed by atoms with Crippen molar-refractivity contribution < 1.29 is 9.53 Å². The molecule has 0 saturated carbocycles. The van der Waals surface area contributed by atoms with Gasteiger partial charge in [0, 0.05) is 18.9 Å². The summed E-state index contributed by atoms with van der Waals surface area (Å²) in [4.78, 5) is 16.6. The number of rotatable bonds is 7. The summed E-state index contributed by atoms with van der Waals surface area (Å²) < 4.78 is 5.85. The number of nitrogens with one attached hydrogen (secondary N) is 1. The lowest BCUT2D eigenvalue weighted by Gasteiger charge is -2.15. The highest BCUT2D eigenvalue weighted by atomic mass is 16.5. The van der Waals surface area contributed by atoms with Crippen LogP contribution in [0.15, 0.2) is 79.1 Å². The molecule has 1 atom stereocenters. The molecule has 1 aromatic heterocycles. The van der Waals surface area contributed by atoms with Crippen molar-refractivity contribution in [3.63, 3.8) is 0 Å². The molecule has 1 amide bonds. The fourth-order valence-electron chi connectivity index (χ4n) is 2.66. The normalized spacial score (nSPS) is 11.6. The Kier molecular flexibility index (Phi) is 5.99. The lowest BCUT2D eigenvalue weighted by atomic mass is 10.0. The lowest BCUT2D eigenvalue weighted by molar-refractivity contribution is 0.0947. The van der Waals surface area contributed by atoms with E-state index in [9.17, 15) is 4.79 Å². The van der Waals surface area contributed by atoms with E-state index < -0.39 is 0 Å². The van der Waals surface area contributed by atoms with Crippen molar-refractivity contribution in [3.8, 4) is 5.75 Å². The molecule has 1 N–H and O–H groups in total. The predicted octanol–water partition coefficient (Wildman–Crippen LogP) is 4.19. The monoisotopic (exact) mass is 346 g/mol. The number of aromatic nitrogens is 1. The van der Waals surface area contributed by atoms with Crippen LogP contribution in [0.3, 0.4) is 0 Å². The molecule has 2 aromatic carbocycles. The van der Waals surface area contributed by atoms with Gasteiger partial charge in [0.2, 0.25) is 0 Å². The van der Waals surface area contributed by atoms with Crippen molar-refractivity contribution in [1.82, 2.24) is 10.3 Å². The number of amides is 1. The summed E-state index contributed by atoms with van der Waals surface area (Å²) in [5.41, 5.74) is 2.75. The number of carbonyl (C=O) groups excluding carboxylic acids is 1. The molecule has 0 fully saturated rings. The predicted molar refractivity (Wildman–Crippen MR) is 102 cm³/mol. The number of para-hydroxylation sites is 1. The van der Waals surface area contributed by atoms with Crippen LogP contribution in [0, 0.1) is 0 Å². The Hall–Kier alpha value is -3.14. The summed E-state index contributed by atoms with van der Waals surface area (Å²) in [6.07, 6.45) is 3.45. The zero-order valence-corrected chi connectivity index (χ0v) is 14.8. The standard InChI is InChI=1S/C22H22N2O2/c1-17(19-7-3-2-4-8-19)15-24-22(25)20-9-5-6-10-21(20)26-16-18-11-13-23-14-12-18/h2-14,17H,15-16H2,1H3,(H,24,25)/t17-/m1/s1. The Labute approximate surface area is 153 Å². The maximum absolute atomic E-state index is 12.6. The fraction of sp³-hybridized carbons (Fsp3) is 0.182. The Bertz CT molecular complexity index is 835. The van der Waals surface area contributed by atoms with E-state index in [0.717, 1.165) is 5.56 Å². The third kappa shape index (κ3) is 4.70. The van der Waals surface area contributed by atoms with Gasteiger partial charge in [-0.05, 0) is 41.3 Å². The highest BCUT2D eigenvalue weighted by Crippen LogP contribution is 2.20. The fourth-order valence-corrected chi connectivity index (χ4v) is 2.66. The molecule has 4 nitrogen and oxygen atoms in total. The molecule has 26 heavy (non-hydrogen) atoms. The molecular formula is C22H22N2O2. The van der Waals surface area contributed by atoms with Crippen LogP contribution in [0.25, 0.3) is 0 Å². The van der Waals surface area contributed by atoms with Crippen LogP contribution < -0.4 is 10.1 Å². The highest BCUT2D eigenvalue weighted by Gasteiger charge is 2.13. The van der Waals surface area contributed by atoms with Gasteiger partial charge in [0.15, 0.2) is 0 Å². The summed E-state index contributed by atoms with van der Waals surface area (Å²) in [7, 11) is 0. The van der Waals surface area contributed by atoms with Gasteiger partial charge in [-0.2, -0.15) is 0 Å². The molecule has 132 valence electrons. The highest BCUT2D eigenvalue weighted by molar-refractivity contribution is 5.96. The van der Waals surface area contributed by atoms with Crippen molar-refractivity contribution in [2.45, 2.75) is 19.4 Å². The van der Waals surface area contributed by atoms with Gasteiger partial charge in [0.1, 0.15) is 12.4 Å². The number of pyridine rings is 1. The number of nitrogens with zero attached hydrogens (tertiary/aromatic N) is 1. The summed E-state index contributed by atoms with van der Waals surface area (Å²) in [5, 5.41) is 3.01. The molecule has 1 heterocycles. The van der Waals surface area contributed by atoms with Crippen LogP contribution in [0.4, 0.5) is 0 Å². The van der Waals surface area contributed by atoms with Gasteiger partial charge in [-0.15, -0.1) is 0 Å². The Morgan fingerprint density at radius 2 is 1.69 bits per heavy atom. The second-order valence-corrected chi connectivity index (χ2v) is 6.16. The Morgan fingerprint density at radius 3 is 2.46 bits per heavy atom. The van der Waals surface area contributed by atoms with Crippen LogP contribution in [-0.4, -0.2) is 17.4 Å². The largest absolute Gasteiger partial charge is 0.488 e. The first-order valence-corrected chi connectivity index (χ1v) is 8.68. The number of hydrogen-bond acceptors (Lipinski definition) is 3. The third-order valence-electron chi connectivity index (χ3n) is 4.21. The zero-order chi connectivity index (χ0) is 18.2. The first-order valence-electron chi connectivity index (χ1n) is 8.68. The topological polar surface area (TPSA) is 51.2 Å². The molecule has 3 aromatic rings. The molecule has 0 unspecified atom stereocenters. The van der Waals surface area contributed by atoms with E-state index in [-0.39, 0.29) is 11.8 Å². The van der Waals surface area contributed by atoms with Crippen LogP contribution in [-0.2, 0) is 6.61 Å². The molecule has 0 aliphatic rings. The minimum Gasteiger partial charge on any atom is -0.488 e. The number of carbonyl (C=O) groups is 1. The quantitative estimate of drug-likeness (QED) is 0.698. The van der Waals surface area contributed by atoms with Gasteiger partial charge in [-0.25, -0.2) is 0 Å². The van der Waals surface area contributed by atoms with Gasteiger partial charge in [0.05, 0.1) is 5.56 Å². The van der Waals surface area contributed by atoms with Crippen LogP contribution in [0.2, 0.25) is 0 Å². The number of ether oxygens (including phenoxy) is 1. The minimum atomic E-state index is -0.127. The molecule has 4 heteroatoms. The smallest absolute Gasteiger partial charge is 0.255 e. The maximum atomic E-state index is 12.6. The molecule has 0 aliphatic carbocycles. The molecule has 0 bridgehead atoms. The van der Waals surface area contributed by atoms with Crippen molar-refractivity contribution in [2.24, 2.45) is 0 Å². The second kappa shape index (κ2) is 8.81. The Balaban J connectivity index is 1.62. The average molecular weight is 346 g/mol. The third-order valence-corrected chi connectivity index (χ3v) is 4.21. The van der Waals surface area contributed by atoms with Gasteiger partial charge in [-0.3, -0.25) is 9.78 Å². The van der Waals surface area contributed by atoms with Crippen molar-refractivity contribution >= 4 is 5.91 Å². The van der Waals surface area contributed by atoms with E-state index >= 15 is 0 Å². The van der Waals surface area contributed by atoms with Crippen molar-refractivity contribution in [2.75, 3.05) is 6.54 Å². The maximum Gasteiger partial charge on any atom is 0.255 e. The average Bonchev–Trinajstić information content (AvgIpc) is 2.72. The molecular weight excluding hydrogens is 324 g/mol. The van der Waals surface area contributed by atoms with Crippen LogP contribution in [0.1, 0.15) is 34.3 Å². The van der Waals surface area contributed by atoms with Crippen LogP contribution in [0.5, 0.6) is 5.75 Å².